The molecule has 8 heteroatoms. The van der Waals surface area contributed by atoms with Gasteiger partial charge in [0.25, 0.3) is 0 Å². The standard InChI is InChI=1S/C30H24N2O6/c33-29(34)19-1-7-25(8-2-19)31-15-23-13-21(5-11-27(23)37-17-31)22-6-12-28-24(14-22)16-32(18-38-28)26-9-3-20(4-10-26)30(35)36/h1-14H,15-18H2,(H,33,34)(H,35,36). The van der Waals surface area contributed by atoms with Crippen molar-refractivity contribution in [3.63, 3.8) is 0 Å². The highest BCUT2D eigenvalue weighted by Crippen LogP contribution is 2.36. The summed E-state index contributed by atoms with van der Waals surface area (Å²) in [5, 5.41) is 18.3. The number of aromatic carboxylic acids is 2. The summed E-state index contributed by atoms with van der Waals surface area (Å²) in [7, 11) is 0. The maximum atomic E-state index is 11.2. The van der Waals surface area contributed by atoms with E-state index in [-0.39, 0.29) is 11.1 Å². The summed E-state index contributed by atoms with van der Waals surface area (Å²) in [4.78, 5) is 26.5. The third-order valence-electron chi connectivity index (χ3n) is 6.89. The minimum atomic E-state index is -0.948. The van der Waals surface area contributed by atoms with Crippen molar-refractivity contribution < 1.29 is 29.3 Å². The highest BCUT2D eigenvalue weighted by Gasteiger charge is 2.21. The average Bonchev–Trinajstić information content (AvgIpc) is 2.96. The van der Waals surface area contributed by atoms with Crippen molar-refractivity contribution in [2.24, 2.45) is 0 Å². The molecule has 0 atom stereocenters. The van der Waals surface area contributed by atoms with Crippen molar-refractivity contribution in [2.75, 3.05) is 23.3 Å². The fourth-order valence-corrected chi connectivity index (χ4v) is 4.81. The monoisotopic (exact) mass is 508 g/mol. The van der Waals surface area contributed by atoms with Gasteiger partial charge in [-0.1, -0.05) is 12.1 Å². The Morgan fingerprint density at radius 1 is 0.579 bits per heavy atom. The van der Waals surface area contributed by atoms with Gasteiger partial charge in [-0.25, -0.2) is 9.59 Å². The molecule has 38 heavy (non-hydrogen) atoms. The van der Waals surface area contributed by atoms with Crippen LogP contribution in [0.25, 0.3) is 11.1 Å². The number of carboxylic acid groups (broad SMARTS) is 2. The number of hydrogen-bond acceptors (Lipinski definition) is 6. The van der Waals surface area contributed by atoms with Crippen LogP contribution in [0.3, 0.4) is 0 Å². The van der Waals surface area contributed by atoms with Gasteiger partial charge in [0.05, 0.1) is 11.1 Å². The minimum Gasteiger partial charge on any atom is -0.478 e. The lowest BCUT2D eigenvalue weighted by molar-refractivity contribution is 0.0686. The fraction of sp³-hybridized carbons (Fsp3) is 0.133. The molecule has 0 saturated heterocycles. The lowest BCUT2D eigenvalue weighted by Crippen LogP contribution is -2.32. The molecule has 0 spiro atoms. The summed E-state index contributed by atoms with van der Waals surface area (Å²) in [5.41, 5.74) is 6.50. The zero-order valence-corrected chi connectivity index (χ0v) is 20.3. The minimum absolute atomic E-state index is 0.251. The molecule has 0 radical (unpaired) electrons. The molecule has 2 N–H and O–H groups in total. The van der Waals surface area contributed by atoms with E-state index in [1.807, 2.05) is 24.3 Å². The number of hydrogen-bond donors (Lipinski definition) is 2. The Bertz CT molecular complexity index is 1410. The first-order valence-electron chi connectivity index (χ1n) is 12.1. The Balaban J connectivity index is 1.22. The molecule has 0 bridgehead atoms. The molecule has 0 unspecified atom stereocenters. The molecule has 190 valence electrons. The van der Waals surface area contributed by atoms with Gasteiger partial charge in [-0.3, -0.25) is 0 Å². The van der Waals surface area contributed by atoms with Crippen molar-refractivity contribution in [1.29, 1.82) is 0 Å². The number of nitrogens with zero attached hydrogens (tertiary/aromatic N) is 2. The van der Waals surface area contributed by atoms with Crippen LogP contribution in [0, 0.1) is 0 Å². The zero-order valence-electron chi connectivity index (χ0n) is 20.3. The third-order valence-corrected chi connectivity index (χ3v) is 6.89. The van der Waals surface area contributed by atoms with Gasteiger partial charge in [0.1, 0.15) is 11.5 Å². The van der Waals surface area contributed by atoms with Gasteiger partial charge >= 0.3 is 11.9 Å². The molecule has 8 nitrogen and oxygen atoms in total. The van der Waals surface area contributed by atoms with Crippen LogP contribution < -0.4 is 19.3 Å². The Morgan fingerprint density at radius 3 is 1.34 bits per heavy atom. The van der Waals surface area contributed by atoms with E-state index < -0.39 is 11.9 Å². The summed E-state index contributed by atoms with van der Waals surface area (Å²) in [5.74, 6) is -0.221. The van der Waals surface area contributed by atoms with Crippen molar-refractivity contribution in [3.8, 4) is 22.6 Å². The molecule has 2 heterocycles. The third kappa shape index (κ3) is 4.48. The SMILES string of the molecule is O=C(O)c1ccc(N2COc3ccc(-c4ccc5c(c4)CN(c4ccc(C(=O)O)cc4)CO5)cc3C2)cc1. The van der Waals surface area contributed by atoms with Crippen LogP contribution in [0.15, 0.2) is 84.9 Å². The first-order chi connectivity index (χ1) is 18.4. The Hall–Kier alpha value is -4.98. The van der Waals surface area contributed by atoms with Gasteiger partial charge < -0.3 is 29.5 Å². The van der Waals surface area contributed by atoms with E-state index in [2.05, 4.69) is 21.9 Å². The number of rotatable bonds is 5. The van der Waals surface area contributed by atoms with Crippen LogP contribution in [0.1, 0.15) is 31.8 Å². The Morgan fingerprint density at radius 2 is 0.974 bits per heavy atom. The fourth-order valence-electron chi connectivity index (χ4n) is 4.81. The van der Waals surface area contributed by atoms with Gasteiger partial charge in [0.15, 0.2) is 13.5 Å². The lowest BCUT2D eigenvalue weighted by Gasteiger charge is -2.32. The van der Waals surface area contributed by atoms with Gasteiger partial charge in [-0.15, -0.1) is 0 Å². The maximum Gasteiger partial charge on any atom is 0.335 e. The molecule has 0 aliphatic carbocycles. The smallest absolute Gasteiger partial charge is 0.335 e. The highest BCUT2D eigenvalue weighted by molar-refractivity contribution is 5.88. The summed E-state index contributed by atoms with van der Waals surface area (Å²) in [6, 6.07) is 25.9. The quantitative estimate of drug-likeness (QED) is 0.367. The van der Waals surface area contributed by atoms with Crippen LogP contribution in [0.4, 0.5) is 11.4 Å². The van der Waals surface area contributed by atoms with Gasteiger partial charge in [0, 0.05) is 35.6 Å². The molecule has 2 aliphatic rings. The Labute approximate surface area is 218 Å². The van der Waals surface area contributed by atoms with Crippen molar-refractivity contribution in [1.82, 2.24) is 0 Å². The normalized spacial score (nSPS) is 14.1. The number of carboxylic acids is 2. The van der Waals surface area contributed by atoms with Crippen LogP contribution in [-0.2, 0) is 13.1 Å². The second-order valence-corrected chi connectivity index (χ2v) is 9.29. The summed E-state index contributed by atoms with van der Waals surface area (Å²) in [6.45, 7) is 2.06. The first kappa shape index (κ1) is 23.4. The van der Waals surface area contributed by atoms with Gasteiger partial charge in [-0.05, 0) is 83.9 Å². The maximum absolute atomic E-state index is 11.2. The molecule has 0 fully saturated rings. The molecule has 0 amide bonds. The molecular weight excluding hydrogens is 484 g/mol. The molecule has 4 aromatic rings. The average molecular weight is 509 g/mol. The van der Waals surface area contributed by atoms with E-state index in [0.29, 0.717) is 26.6 Å². The summed E-state index contributed by atoms with van der Waals surface area (Å²) >= 11 is 0. The van der Waals surface area contributed by atoms with Crippen LogP contribution in [0.2, 0.25) is 0 Å². The largest absolute Gasteiger partial charge is 0.478 e. The van der Waals surface area contributed by atoms with Crippen LogP contribution in [-0.4, -0.2) is 35.6 Å². The molecule has 4 aromatic carbocycles. The Kier molecular flexibility index (Phi) is 5.84. The summed E-state index contributed by atoms with van der Waals surface area (Å²) in [6.07, 6.45) is 0. The predicted molar refractivity (Wildman–Crippen MR) is 142 cm³/mol. The molecule has 0 saturated carbocycles. The molecular formula is C30H24N2O6. The van der Waals surface area contributed by atoms with E-state index in [0.717, 1.165) is 45.1 Å². The van der Waals surface area contributed by atoms with Crippen LogP contribution in [0.5, 0.6) is 11.5 Å². The molecule has 2 aliphatic heterocycles. The van der Waals surface area contributed by atoms with Crippen molar-refractivity contribution in [3.05, 3.63) is 107 Å². The van der Waals surface area contributed by atoms with Crippen molar-refractivity contribution >= 4 is 23.3 Å². The number of anilines is 2. The topological polar surface area (TPSA) is 99.5 Å². The number of carbonyl (C=O) groups is 2. The zero-order chi connectivity index (χ0) is 26.2. The van der Waals surface area contributed by atoms with E-state index in [1.165, 1.54) is 0 Å². The van der Waals surface area contributed by atoms with E-state index in [9.17, 15) is 9.59 Å². The number of benzene rings is 4. The van der Waals surface area contributed by atoms with Crippen LogP contribution >= 0.6 is 0 Å². The second kappa shape index (κ2) is 9.48. The number of fused-ring (bicyclic) bond motifs is 2. The predicted octanol–water partition coefficient (Wildman–Crippen LogP) is 5.46. The van der Waals surface area contributed by atoms with E-state index in [1.54, 1.807) is 48.5 Å². The molecule has 6 rings (SSSR count). The lowest BCUT2D eigenvalue weighted by atomic mass is 9.98. The first-order valence-corrected chi connectivity index (χ1v) is 12.1. The second-order valence-electron chi connectivity index (χ2n) is 9.29. The van der Waals surface area contributed by atoms with E-state index >= 15 is 0 Å². The van der Waals surface area contributed by atoms with Crippen molar-refractivity contribution in [2.45, 2.75) is 13.1 Å². The number of ether oxygens (including phenoxy) is 2. The van der Waals surface area contributed by atoms with E-state index in [4.69, 9.17) is 19.7 Å². The molecule has 0 aromatic heterocycles. The van der Waals surface area contributed by atoms with Gasteiger partial charge in [-0.2, -0.15) is 0 Å². The highest BCUT2D eigenvalue weighted by atomic mass is 16.5. The summed E-state index contributed by atoms with van der Waals surface area (Å²) < 4.78 is 12.0. The van der Waals surface area contributed by atoms with Gasteiger partial charge in [0.2, 0.25) is 0 Å².